The largest absolute Gasteiger partial charge is 0.398 e. The van der Waals surface area contributed by atoms with E-state index in [4.69, 9.17) is 5.73 Å². The molecular formula is C16H14N6O3. The zero-order valence-electron chi connectivity index (χ0n) is 13.0. The van der Waals surface area contributed by atoms with E-state index in [0.29, 0.717) is 5.69 Å². The van der Waals surface area contributed by atoms with Gasteiger partial charge in [0.15, 0.2) is 0 Å². The third-order valence-electron chi connectivity index (χ3n) is 3.49. The number of aromatic nitrogens is 3. The Labute approximate surface area is 142 Å². The number of nitrogens with zero attached hydrogens (tertiary/aromatic N) is 4. The molecule has 0 aliphatic carbocycles. The molecule has 0 radical (unpaired) electrons. The molecule has 126 valence electrons. The molecular weight excluding hydrogens is 324 g/mol. The van der Waals surface area contributed by atoms with Crippen LogP contribution in [0.1, 0.15) is 16.1 Å². The Kier molecular flexibility index (Phi) is 4.38. The van der Waals surface area contributed by atoms with Crippen molar-refractivity contribution in [2.24, 2.45) is 0 Å². The highest BCUT2D eigenvalue weighted by Crippen LogP contribution is 2.23. The second kappa shape index (κ2) is 6.79. The Bertz CT molecular complexity index is 923. The van der Waals surface area contributed by atoms with Gasteiger partial charge in [0.2, 0.25) is 0 Å². The van der Waals surface area contributed by atoms with Gasteiger partial charge in [-0.3, -0.25) is 14.9 Å². The number of rotatable bonds is 5. The summed E-state index contributed by atoms with van der Waals surface area (Å²) in [6, 6.07) is 13.5. The molecule has 0 saturated carbocycles. The third-order valence-corrected chi connectivity index (χ3v) is 3.49. The van der Waals surface area contributed by atoms with Crippen molar-refractivity contribution in [3.8, 4) is 5.69 Å². The van der Waals surface area contributed by atoms with Crippen LogP contribution in [0.2, 0.25) is 0 Å². The van der Waals surface area contributed by atoms with Crippen LogP contribution in [0, 0.1) is 10.1 Å². The molecule has 1 heterocycles. The van der Waals surface area contributed by atoms with Crippen molar-refractivity contribution >= 4 is 17.3 Å². The summed E-state index contributed by atoms with van der Waals surface area (Å²) in [5.41, 5.74) is 6.58. The Hall–Kier alpha value is -3.75. The predicted octanol–water partition coefficient (Wildman–Crippen LogP) is 1.69. The van der Waals surface area contributed by atoms with Gasteiger partial charge >= 0.3 is 0 Å². The van der Waals surface area contributed by atoms with Gasteiger partial charge in [0.05, 0.1) is 29.0 Å². The number of hydrogen-bond donors (Lipinski definition) is 2. The summed E-state index contributed by atoms with van der Waals surface area (Å²) in [5.74, 6) is -0.640. The maximum Gasteiger partial charge on any atom is 0.284 e. The lowest BCUT2D eigenvalue weighted by Crippen LogP contribution is -2.25. The quantitative estimate of drug-likeness (QED) is 0.414. The minimum absolute atomic E-state index is 0.0413. The van der Waals surface area contributed by atoms with E-state index in [-0.39, 0.29) is 23.5 Å². The molecule has 0 bridgehead atoms. The Morgan fingerprint density at radius 2 is 1.96 bits per heavy atom. The average molecular weight is 338 g/mol. The molecule has 0 fully saturated rings. The van der Waals surface area contributed by atoms with Crippen LogP contribution in [0.5, 0.6) is 0 Å². The summed E-state index contributed by atoms with van der Waals surface area (Å²) < 4.78 is 1.57. The van der Waals surface area contributed by atoms with Crippen molar-refractivity contribution in [2.45, 2.75) is 6.54 Å². The van der Waals surface area contributed by atoms with Crippen LogP contribution in [-0.4, -0.2) is 25.8 Å². The molecule has 0 atom stereocenters. The number of carbonyl (C=O) groups excluding carboxylic acids is 1. The normalized spacial score (nSPS) is 10.4. The topological polar surface area (TPSA) is 129 Å². The number of hydrogen-bond acceptors (Lipinski definition) is 6. The van der Waals surface area contributed by atoms with Crippen LogP contribution >= 0.6 is 0 Å². The van der Waals surface area contributed by atoms with Gasteiger partial charge in [0.25, 0.3) is 11.6 Å². The van der Waals surface area contributed by atoms with E-state index in [2.05, 4.69) is 15.6 Å². The van der Waals surface area contributed by atoms with Crippen molar-refractivity contribution in [1.29, 1.82) is 0 Å². The van der Waals surface area contributed by atoms with E-state index in [1.54, 1.807) is 10.9 Å². The van der Waals surface area contributed by atoms with Crippen molar-refractivity contribution in [3.63, 3.8) is 0 Å². The summed E-state index contributed by atoms with van der Waals surface area (Å²) >= 11 is 0. The van der Waals surface area contributed by atoms with Crippen LogP contribution in [0.15, 0.2) is 54.7 Å². The number of nitrogen functional groups attached to an aromatic ring is 1. The smallest absolute Gasteiger partial charge is 0.284 e. The number of nitro groups is 1. The van der Waals surface area contributed by atoms with Crippen LogP contribution in [-0.2, 0) is 6.54 Å². The lowest BCUT2D eigenvalue weighted by Gasteiger charge is -2.06. The fraction of sp³-hybridized carbons (Fsp3) is 0.0625. The molecule has 3 aromatic rings. The van der Waals surface area contributed by atoms with Crippen molar-refractivity contribution in [1.82, 2.24) is 20.3 Å². The maximum atomic E-state index is 12.3. The van der Waals surface area contributed by atoms with E-state index in [1.165, 1.54) is 18.2 Å². The van der Waals surface area contributed by atoms with Crippen molar-refractivity contribution in [2.75, 3.05) is 5.73 Å². The molecule has 0 aliphatic rings. The summed E-state index contributed by atoms with van der Waals surface area (Å²) in [6.45, 7) is 0.0666. The van der Waals surface area contributed by atoms with Crippen LogP contribution in [0.3, 0.4) is 0 Å². The summed E-state index contributed by atoms with van der Waals surface area (Å²) in [7, 11) is 0. The molecule has 0 aliphatic heterocycles. The van der Waals surface area contributed by atoms with E-state index in [1.807, 2.05) is 30.3 Å². The minimum Gasteiger partial charge on any atom is -0.398 e. The summed E-state index contributed by atoms with van der Waals surface area (Å²) in [5, 5.41) is 21.6. The first-order valence-electron chi connectivity index (χ1n) is 7.34. The Morgan fingerprint density at radius 1 is 1.20 bits per heavy atom. The van der Waals surface area contributed by atoms with Gasteiger partial charge in [-0.2, -0.15) is 0 Å². The molecule has 0 unspecified atom stereocenters. The number of anilines is 1. The molecule has 9 nitrogen and oxygen atoms in total. The van der Waals surface area contributed by atoms with Crippen LogP contribution < -0.4 is 11.1 Å². The van der Waals surface area contributed by atoms with Crippen LogP contribution in [0.4, 0.5) is 11.4 Å². The third kappa shape index (κ3) is 3.44. The Morgan fingerprint density at radius 3 is 2.68 bits per heavy atom. The Balaban J connectivity index is 1.74. The number of amides is 1. The highest BCUT2D eigenvalue weighted by Gasteiger charge is 2.22. The van der Waals surface area contributed by atoms with Gasteiger partial charge in [-0.1, -0.05) is 29.5 Å². The fourth-order valence-corrected chi connectivity index (χ4v) is 2.30. The standard InChI is InChI=1S/C16H14N6O3/c17-13-7-4-8-14(22(24)25)15(13)16(23)18-9-11-10-21(20-19-11)12-5-2-1-3-6-12/h1-8,10H,9,17H2,(H,18,23). The van der Waals surface area contributed by atoms with Gasteiger partial charge in [0, 0.05) is 6.07 Å². The first-order valence-corrected chi connectivity index (χ1v) is 7.34. The van der Waals surface area contributed by atoms with Crippen molar-refractivity contribution < 1.29 is 9.72 Å². The number of para-hydroxylation sites is 1. The van der Waals surface area contributed by atoms with E-state index < -0.39 is 10.8 Å². The molecule has 1 amide bonds. The molecule has 3 rings (SSSR count). The predicted molar refractivity (Wildman–Crippen MR) is 90.0 cm³/mol. The second-order valence-electron chi connectivity index (χ2n) is 5.17. The maximum absolute atomic E-state index is 12.3. The number of nitrogens with two attached hydrogens (primary N) is 1. The number of nitrogens with one attached hydrogen (secondary N) is 1. The van der Waals surface area contributed by atoms with Crippen LogP contribution in [0.25, 0.3) is 5.69 Å². The molecule has 25 heavy (non-hydrogen) atoms. The fourth-order valence-electron chi connectivity index (χ4n) is 2.30. The number of nitro benzene ring substituents is 1. The SMILES string of the molecule is Nc1cccc([N+](=O)[O-])c1C(=O)NCc1cn(-c2ccccc2)nn1. The van der Waals surface area contributed by atoms with Gasteiger partial charge in [0.1, 0.15) is 11.3 Å². The van der Waals surface area contributed by atoms with Gasteiger partial charge < -0.3 is 11.1 Å². The number of carbonyl (C=O) groups is 1. The van der Waals surface area contributed by atoms with Crippen molar-refractivity contribution in [3.05, 3.63) is 76.1 Å². The highest BCUT2D eigenvalue weighted by atomic mass is 16.6. The average Bonchev–Trinajstić information content (AvgIpc) is 3.09. The monoisotopic (exact) mass is 338 g/mol. The first-order chi connectivity index (χ1) is 12.1. The van der Waals surface area contributed by atoms with E-state index in [0.717, 1.165) is 5.69 Å². The van der Waals surface area contributed by atoms with Gasteiger partial charge in [-0.05, 0) is 18.2 Å². The van der Waals surface area contributed by atoms with E-state index >= 15 is 0 Å². The van der Waals surface area contributed by atoms with Gasteiger partial charge in [-0.15, -0.1) is 5.10 Å². The lowest BCUT2D eigenvalue weighted by molar-refractivity contribution is -0.385. The molecule has 1 aromatic heterocycles. The second-order valence-corrected chi connectivity index (χ2v) is 5.17. The molecule has 0 saturated heterocycles. The zero-order chi connectivity index (χ0) is 17.8. The molecule has 9 heteroatoms. The van der Waals surface area contributed by atoms with E-state index in [9.17, 15) is 14.9 Å². The lowest BCUT2D eigenvalue weighted by atomic mass is 10.1. The first kappa shape index (κ1) is 16.1. The van der Waals surface area contributed by atoms with Gasteiger partial charge in [-0.25, -0.2) is 4.68 Å². The molecule has 3 N–H and O–H groups in total. The molecule has 2 aromatic carbocycles. The minimum atomic E-state index is -0.642. The molecule has 0 spiro atoms. The highest BCUT2D eigenvalue weighted by molar-refractivity contribution is 6.03. The number of benzene rings is 2. The summed E-state index contributed by atoms with van der Waals surface area (Å²) in [6.07, 6.45) is 1.67. The summed E-state index contributed by atoms with van der Waals surface area (Å²) in [4.78, 5) is 22.7. The zero-order valence-corrected chi connectivity index (χ0v) is 13.0.